The standard InChI is InChI=1S/C12H19N3S/c13-5-11-6-14-12(16-11)15(7-9-1-2-9)8-10-3-4-10/h6,9-10H,1-5,7-8,13H2. The largest absolute Gasteiger partial charge is 0.348 e. The molecule has 0 radical (unpaired) electrons. The van der Waals surface area contributed by atoms with E-state index in [2.05, 4.69) is 9.88 Å². The van der Waals surface area contributed by atoms with Crippen molar-refractivity contribution in [1.82, 2.24) is 4.98 Å². The SMILES string of the molecule is NCc1cnc(N(CC2CC2)CC2CC2)s1. The number of thiazole rings is 1. The summed E-state index contributed by atoms with van der Waals surface area (Å²) in [4.78, 5) is 8.21. The van der Waals surface area contributed by atoms with E-state index in [-0.39, 0.29) is 0 Å². The van der Waals surface area contributed by atoms with Gasteiger partial charge in [0.05, 0.1) is 0 Å². The molecule has 0 saturated heterocycles. The highest BCUT2D eigenvalue weighted by Gasteiger charge is 2.30. The Kier molecular flexibility index (Phi) is 2.86. The molecule has 88 valence electrons. The molecule has 2 fully saturated rings. The van der Waals surface area contributed by atoms with Gasteiger partial charge in [-0.1, -0.05) is 0 Å². The van der Waals surface area contributed by atoms with E-state index in [9.17, 15) is 0 Å². The first-order valence-electron chi connectivity index (χ1n) is 6.25. The second kappa shape index (κ2) is 4.34. The molecule has 0 atom stereocenters. The zero-order valence-corrected chi connectivity index (χ0v) is 10.4. The third kappa shape index (κ3) is 2.55. The van der Waals surface area contributed by atoms with Crippen LogP contribution < -0.4 is 10.6 Å². The molecule has 4 heteroatoms. The molecule has 1 heterocycles. The van der Waals surface area contributed by atoms with E-state index < -0.39 is 0 Å². The Morgan fingerprint density at radius 3 is 2.31 bits per heavy atom. The molecule has 1 aromatic heterocycles. The van der Waals surface area contributed by atoms with Crippen molar-refractivity contribution < 1.29 is 0 Å². The van der Waals surface area contributed by atoms with Gasteiger partial charge in [-0.3, -0.25) is 0 Å². The lowest BCUT2D eigenvalue weighted by Crippen LogP contribution is -2.27. The summed E-state index contributed by atoms with van der Waals surface area (Å²) in [6, 6.07) is 0. The minimum absolute atomic E-state index is 0.623. The van der Waals surface area contributed by atoms with Crippen molar-refractivity contribution >= 4 is 16.5 Å². The van der Waals surface area contributed by atoms with Crippen molar-refractivity contribution in [2.45, 2.75) is 32.2 Å². The van der Waals surface area contributed by atoms with Crippen LogP contribution in [0.25, 0.3) is 0 Å². The minimum atomic E-state index is 0.623. The second-order valence-corrected chi connectivity index (χ2v) is 6.20. The quantitative estimate of drug-likeness (QED) is 0.825. The Morgan fingerprint density at radius 1 is 1.25 bits per heavy atom. The minimum Gasteiger partial charge on any atom is -0.348 e. The molecule has 0 aromatic carbocycles. The lowest BCUT2D eigenvalue weighted by atomic mass is 10.3. The van der Waals surface area contributed by atoms with Crippen molar-refractivity contribution in [3.8, 4) is 0 Å². The highest BCUT2D eigenvalue weighted by molar-refractivity contribution is 7.15. The van der Waals surface area contributed by atoms with E-state index in [1.54, 1.807) is 11.3 Å². The summed E-state index contributed by atoms with van der Waals surface area (Å²) < 4.78 is 0. The Labute approximate surface area is 101 Å². The molecule has 2 N–H and O–H groups in total. The third-order valence-electron chi connectivity index (χ3n) is 3.36. The maximum absolute atomic E-state index is 5.64. The van der Waals surface area contributed by atoms with E-state index in [1.165, 1.54) is 48.8 Å². The Balaban J connectivity index is 1.68. The van der Waals surface area contributed by atoms with Gasteiger partial charge in [-0.05, 0) is 37.5 Å². The first-order valence-corrected chi connectivity index (χ1v) is 7.06. The smallest absolute Gasteiger partial charge is 0.185 e. The van der Waals surface area contributed by atoms with Gasteiger partial charge in [-0.15, -0.1) is 11.3 Å². The molecule has 0 spiro atoms. The fourth-order valence-corrected chi connectivity index (χ4v) is 2.80. The van der Waals surface area contributed by atoms with Gasteiger partial charge in [-0.2, -0.15) is 0 Å². The Morgan fingerprint density at radius 2 is 1.88 bits per heavy atom. The molecule has 2 aliphatic rings. The van der Waals surface area contributed by atoms with Crippen molar-refractivity contribution in [3.05, 3.63) is 11.1 Å². The number of nitrogens with zero attached hydrogens (tertiary/aromatic N) is 2. The number of anilines is 1. The average molecular weight is 237 g/mol. The second-order valence-electron chi connectivity index (χ2n) is 5.11. The van der Waals surface area contributed by atoms with E-state index in [1.807, 2.05) is 6.20 Å². The number of rotatable bonds is 6. The number of hydrogen-bond acceptors (Lipinski definition) is 4. The van der Waals surface area contributed by atoms with Crippen molar-refractivity contribution in [2.75, 3.05) is 18.0 Å². The van der Waals surface area contributed by atoms with E-state index in [4.69, 9.17) is 5.73 Å². The van der Waals surface area contributed by atoms with Gasteiger partial charge >= 0.3 is 0 Å². The van der Waals surface area contributed by atoms with Crippen molar-refractivity contribution in [3.63, 3.8) is 0 Å². The molecule has 0 amide bonds. The van der Waals surface area contributed by atoms with Crippen LogP contribution in [0.15, 0.2) is 6.20 Å². The van der Waals surface area contributed by atoms with Crippen LogP contribution in [0.4, 0.5) is 5.13 Å². The normalized spacial score (nSPS) is 20.1. The topological polar surface area (TPSA) is 42.1 Å². The first-order chi connectivity index (χ1) is 7.85. The van der Waals surface area contributed by atoms with Crippen LogP contribution in [-0.2, 0) is 6.54 Å². The highest BCUT2D eigenvalue weighted by Crippen LogP contribution is 2.36. The molecular weight excluding hydrogens is 218 g/mol. The molecule has 3 rings (SSSR count). The van der Waals surface area contributed by atoms with E-state index in [0.29, 0.717) is 6.54 Å². The number of nitrogens with two attached hydrogens (primary N) is 1. The summed E-state index contributed by atoms with van der Waals surface area (Å²) in [5.41, 5.74) is 5.64. The maximum Gasteiger partial charge on any atom is 0.185 e. The van der Waals surface area contributed by atoms with Gasteiger partial charge in [0.2, 0.25) is 0 Å². The fourth-order valence-electron chi connectivity index (χ4n) is 1.99. The maximum atomic E-state index is 5.64. The Hall–Kier alpha value is -0.610. The molecule has 16 heavy (non-hydrogen) atoms. The van der Waals surface area contributed by atoms with Gasteiger partial charge in [0, 0.05) is 30.7 Å². The summed E-state index contributed by atoms with van der Waals surface area (Å²) in [6.45, 7) is 3.06. The van der Waals surface area contributed by atoms with Gasteiger partial charge in [0.1, 0.15) is 0 Å². The summed E-state index contributed by atoms with van der Waals surface area (Å²) in [5.74, 6) is 1.87. The molecule has 0 bridgehead atoms. The summed E-state index contributed by atoms with van der Waals surface area (Å²) >= 11 is 1.77. The van der Waals surface area contributed by atoms with E-state index >= 15 is 0 Å². The van der Waals surface area contributed by atoms with Crippen LogP contribution in [0.2, 0.25) is 0 Å². The monoisotopic (exact) mass is 237 g/mol. The average Bonchev–Trinajstić information content (AvgIpc) is 3.21. The van der Waals surface area contributed by atoms with Gasteiger partial charge < -0.3 is 10.6 Å². The molecule has 3 nitrogen and oxygen atoms in total. The lowest BCUT2D eigenvalue weighted by Gasteiger charge is -2.21. The third-order valence-corrected chi connectivity index (χ3v) is 4.44. The van der Waals surface area contributed by atoms with Gasteiger partial charge in [-0.25, -0.2) is 4.98 Å². The van der Waals surface area contributed by atoms with Crippen LogP contribution >= 0.6 is 11.3 Å². The van der Waals surface area contributed by atoms with Crippen LogP contribution in [0.1, 0.15) is 30.6 Å². The fraction of sp³-hybridized carbons (Fsp3) is 0.750. The Bertz CT molecular complexity index is 341. The summed E-state index contributed by atoms with van der Waals surface area (Å²) in [6.07, 6.45) is 7.59. The van der Waals surface area contributed by atoms with Crippen LogP contribution in [0.5, 0.6) is 0 Å². The predicted molar refractivity (Wildman–Crippen MR) is 67.7 cm³/mol. The molecule has 0 unspecified atom stereocenters. The zero-order valence-electron chi connectivity index (χ0n) is 9.56. The lowest BCUT2D eigenvalue weighted by molar-refractivity contribution is 0.677. The summed E-state index contributed by atoms with van der Waals surface area (Å²) in [5, 5.41) is 1.19. The van der Waals surface area contributed by atoms with E-state index in [0.717, 1.165) is 11.8 Å². The molecule has 2 saturated carbocycles. The molecule has 2 aliphatic carbocycles. The molecule has 0 aliphatic heterocycles. The summed E-state index contributed by atoms with van der Waals surface area (Å²) in [7, 11) is 0. The predicted octanol–water partition coefficient (Wildman–Crippen LogP) is 2.23. The zero-order chi connectivity index (χ0) is 11.0. The van der Waals surface area contributed by atoms with Crippen LogP contribution in [-0.4, -0.2) is 18.1 Å². The van der Waals surface area contributed by atoms with Crippen molar-refractivity contribution in [2.24, 2.45) is 17.6 Å². The molecular formula is C12H19N3S. The highest BCUT2D eigenvalue weighted by atomic mass is 32.1. The number of hydrogen-bond donors (Lipinski definition) is 1. The molecule has 1 aromatic rings. The number of aromatic nitrogens is 1. The van der Waals surface area contributed by atoms with Crippen molar-refractivity contribution in [1.29, 1.82) is 0 Å². The first kappa shape index (κ1) is 10.5. The van der Waals surface area contributed by atoms with Crippen LogP contribution in [0, 0.1) is 11.8 Å². The van der Waals surface area contributed by atoms with Gasteiger partial charge in [0.15, 0.2) is 5.13 Å². The van der Waals surface area contributed by atoms with Crippen LogP contribution in [0.3, 0.4) is 0 Å². The van der Waals surface area contributed by atoms with Gasteiger partial charge in [0.25, 0.3) is 0 Å².